The number of aromatic nitrogens is 1. The van der Waals surface area contributed by atoms with Crippen LogP contribution in [-0.4, -0.2) is 25.4 Å². The van der Waals surface area contributed by atoms with Gasteiger partial charge < -0.3 is 5.32 Å². The molecule has 1 saturated carbocycles. The lowest BCUT2D eigenvalue weighted by Crippen LogP contribution is -2.27. The Bertz CT molecular complexity index is 900. The molecular formula is C16H15Cl2N3O3S. The molecule has 0 bridgehead atoms. The monoisotopic (exact) mass is 399 g/mol. The van der Waals surface area contributed by atoms with E-state index in [9.17, 15) is 13.2 Å². The highest BCUT2D eigenvalue weighted by Crippen LogP contribution is 2.30. The van der Waals surface area contributed by atoms with E-state index in [4.69, 9.17) is 23.2 Å². The van der Waals surface area contributed by atoms with E-state index >= 15 is 0 Å². The van der Waals surface area contributed by atoms with Crippen LogP contribution < -0.4 is 10.0 Å². The maximum Gasteiger partial charge on any atom is 0.253 e. The number of carbonyl (C=O) groups is 1. The van der Waals surface area contributed by atoms with Crippen molar-refractivity contribution in [2.24, 2.45) is 0 Å². The molecule has 2 N–H and O–H groups in total. The number of hydrogen-bond acceptors (Lipinski definition) is 4. The molecule has 6 nitrogen and oxygen atoms in total. The first-order valence-electron chi connectivity index (χ1n) is 7.55. The number of amides is 1. The smallest absolute Gasteiger partial charge is 0.253 e. The van der Waals surface area contributed by atoms with Crippen LogP contribution in [0.25, 0.3) is 0 Å². The average Bonchev–Trinajstić information content (AvgIpc) is 3.36. The Labute approximate surface area is 155 Å². The minimum absolute atomic E-state index is 0.0260. The SMILES string of the molecule is O=C(NCc1cccnc1)c1cc(S(=O)(=O)NC2CC2)c(Cl)cc1Cl. The van der Waals surface area contributed by atoms with Gasteiger partial charge in [-0.15, -0.1) is 0 Å². The molecule has 0 aliphatic heterocycles. The molecule has 0 spiro atoms. The number of nitrogens with zero attached hydrogens (tertiary/aromatic N) is 1. The van der Waals surface area contributed by atoms with E-state index in [-0.39, 0.29) is 33.1 Å². The van der Waals surface area contributed by atoms with Crippen molar-refractivity contribution < 1.29 is 13.2 Å². The molecule has 1 aliphatic carbocycles. The Morgan fingerprint density at radius 3 is 2.64 bits per heavy atom. The fraction of sp³-hybridized carbons (Fsp3) is 0.250. The highest BCUT2D eigenvalue weighted by Gasteiger charge is 2.30. The summed E-state index contributed by atoms with van der Waals surface area (Å²) in [5.41, 5.74) is 0.857. The van der Waals surface area contributed by atoms with Gasteiger partial charge in [0.15, 0.2) is 0 Å². The molecule has 25 heavy (non-hydrogen) atoms. The van der Waals surface area contributed by atoms with Crippen LogP contribution >= 0.6 is 23.2 Å². The van der Waals surface area contributed by atoms with Crippen LogP contribution in [0.3, 0.4) is 0 Å². The molecule has 1 aromatic carbocycles. The molecule has 3 rings (SSSR count). The summed E-state index contributed by atoms with van der Waals surface area (Å²) in [5.74, 6) is -0.492. The number of carbonyl (C=O) groups excluding carboxylic acids is 1. The molecule has 0 unspecified atom stereocenters. The summed E-state index contributed by atoms with van der Waals surface area (Å²) in [6.45, 7) is 0.244. The van der Waals surface area contributed by atoms with Crippen molar-refractivity contribution in [3.63, 3.8) is 0 Å². The van der Waals surface area contributed by atoms with Gasteiger partial charge in [-0.2, -0.15) is 0 Å². The van der Waals surface area contributed by atoms with Gasteiger partial charge in [0.1, 0.15) is 4.90 Å². The normalized spacial score (nSPS) is 14.3. The lowest BCUT2D eigenvalue weighted by molar-refractivity contribution is 0.0951. The van der Waals surface area contributed by atoms with E-state index in [1.807, 2.05) is 6.07 Å². The largest absolute Gasteiger partial charge is 0.348 e. The van der Waals surface area contributed by atoms with Gasteiger partial charge in [-0.05, 0) is 36.6 Å². The van der Waals surface area contributed by atoms with E-state index in [2.05, 4.69) is 15.0 Å². The predicted octanol–water partition coefficient (Wildman–Crippen LogP) is 2.76. The number of hydrogen-bond donors (Lipinski definition) is 2. The van der Waals surface area contributed by atoms with Crippen molar-refractivity contribution >= 4 is 39.1 Å². The first-order valence-corrected chi connectivity index (χ1v) is 9.79. The van der Waals surface area contributed by atoms with Gasteiger partial charge in [-0.3, -0.25) is 9.78 Å². The molecule has 1 heterocycles. The summed E-state index contributed by atoms with van der Waals surface area (Å²) in [4.78, 5) is 16.2. The molecule has 0 saturated heterocycles. The van der Waals surface area contributed by atoms with E-state index in [1.54, 1.807) is 18.5 Å². The second-order valence-corrected chi connectivity index (χ2v) is 8.20. The minimum Gasteiger partial charge on any atom is -0.348 e. The summed E-state index contributed by atoms with van der Waals surface area (Å²) in [6, 6.07) is 5.97. The molecule has 132 valence electrons. The maximum atomic E-state index is 12.4. The van der Waals surface area contributed by atoms with Crippen LogP contribution in [0.4, 0.5) is 0 Å². The van der Waals surface area contributed by atoms with Crippen molar-refractivity contribution in [1.29, 1.82) is 0 Å². The van der Waals surface area contributed by atoms with E-state index in [0.29, 0.717) is 0 Å². The first kappa shape index (κ1) is 18.1. The Kier molecular flexibility index (Phi) is 5.29. The third kappa shape index (κ3) is 4.49. The molecule has 1 aliphatic rings. The fourth-order valence-corrected chi connectivity index (χ4v) is 4.34. The quantitative estimate of drug-likeness (QED) is 0.781. The number of halogens is 2. The van der Waals surface area contributed by atoms with Gasteiger partial charge in [-0.25, -0.2) is 13.1 Å². The number of nitrogens with one attached hydrogen (secondary N) is 2. The van der Waals surface area contributed by atoms with Crippen LogP contribution in [0.15, 0.2) is 41.6 Å². The number of sulfonamides is 1. The molecule has 0 atom stereocenters. The van der Waals surface area contributed by atoms with Crippen molar-refractivity contribution in [1.82, 2.24) is 15.0 Å². The van der Waals surface area contributed by atoms with Crippen LogP contribution in [0.2, 0.25) is 10.0 Å². The Morgan fingerprint density at radius 2 is 2.00 bits per heavy atom. The molecule has 1 aromatic heterocycles. The summed E-state index contributed by atoms with van der Waals surface area (Å²) in [5, 5.41) is 2.74. The Morgan fingerprint density at radius 1 is 1.24 bits per heavy atom. The summed E-state index contributed by atoms with van der Waals surface area (Å²) in [7, 11) is -3.80. The maximum absolute atomic E-state index is 12.4. The third-order valence-electron chi connectivity index (χ3n) is 3.63. The summed E-state index contributed by atoms with van der Waals surface area (Å²) < 4.78 is 27.3. The highest BCUT2D eigenvalue weighted by atomic mass is 35.5. The highest BCUT2D eigenvalue weighted by molar-refractivity contribution is 7.89. The van der Waals surface area contributed by atoms with Crippen LogP contribution in [0, 0.1) is 0 Å². The second kappa shape index (κ2) is 7.29. The second-order valence-electron chi connectivity index (χ2n) is 5.70. The summed E-state index contributed by atoms with van der Waals surface area (Å²) >= 11 is 12.1. The third-order valence-corrected chi connectivity index (χ3v) is 5.93. The van der Waals surface area contributed by atoms with Gasteiger partial charge in [0.25, 0.3) is 5.91 Å². The van der Waals surface area contributed by atoms with Crippen molar-refractivity contribution in [3.8, 4) is 0 Å². The average molecular weight is 400 g/mol. The van der Waals surface area contributed by atoms with E-state index in [0.717, 1.165) is 18.4 Å². The molecule has 1 amide bonds. The van der Waals surface area contributed by atoms with Crippen molar-refractivity contribution in [3.05, 3.63) is 57.8 Å². The molecule has 2 aromatic rings. The molecule has 9 heteroatoms. The van der Waals surface area contributed by atoms with Crippen LogP contribution in [0.5, 0.6) is 0 Å². The zero-order valence-corrected chi connectivity index (χ0v) is 15.3. The number of benzene rings is 1. The first-order chi connectivity index (χ1) is 11.9. The van der Waals surface area contributed by atoms with Crippen LogP contribution in [-0.2, 0) is 16.6 Å². The number of pyridine rings is 1. The molecule has 1 fully saturated rings. The van der Waals surface area contributed by atoms with Gasteiger partial charge in [0, 0.05) is 25.0 Å². The minimum atomic E-state index is -3.80. The predicted molar refractivity (Wildman–Crippen MR) is 95.2 cm³/mol. The van der Waals surface area contributed by atoms with Gasteiger partial charge >= 0.3 is 0 Å². The zero-order valence-electron chi connectivity index (χ0n) is 13.0. The van der Waals surface area contributed by atoms with Crippen molar-refractivity contribution in [2.45, 2.75) is 30.3 Å². The van der Waals surface area contributed by atoms with Crippen molar-refractivity contribution in [2.75, 3.05) is 0 Å². The lowest BCUT2D eigenvalue weighted by Gasteiger charge is -2.12. The van der Waals surface area contributed by atoms with Gasteiger partial charge in [0.05, 0.1) is 15.6 Å². The molecular weight excluding hydrogens is 385 g/mol. The Balaban J connectivity index is 1.83. The van der Waals surface area contributed by atoms with Gasteiger partial charge in [0.2, 0.25) is 10.0 Å². The standard InChI is InChI=1S/C16H15Cl2N3O3S/c17-13-7-14(18)15(25(23,24)21-11-3-4-11)6-12(13)16(22)20-9-10-2-1-5-19-8-10/h1-2,5-8,11,21H,3-4,9H2,(H,20,22). The fourth-order valence-electron chi connectivity index (χ4n) is 2.17. The van der Waals surface area contributed by atoms with E-state index in [1.165, 1.54) is 12.1 Å². The zero-order chi connectivity index (χ0) is 18.0. The van der Waals surface area contributed by atoms with Crippen LogP contribution in [0.1, 0.15) is 28.8 Å². The lowest BCUT2D eigenvalue weighted by atomic mass is 10.2. The van der Waals surface area contributed by atoms with Gasteiger partial charge in [-0.1, -0.05) is 29.3 Å². The topological polar surface area (TPSA) is 88.2 Å². The number of rotatable bonds is 6. The summed E-state index contributed by atoms with van der Waals surface area (Å²) in [6.07, 6.45) is 4.84. The van der Waals surface area contributed by atoms with E-state index < -0.39 is 15.9 Å². The Hall–Kier alpha value is -1.67. The molecule has 0 radical (unpaired) electrons.